The second-order valence-corrected chi connectivity index (χ2v) is 6.30. The average Bonchev–Trinajstić information content (AvgIpc) is 2.96. The van der Waals surface area contributed by atoms with E-state index >= 15 is 0 Å². The molecule has 1 aliphatic heterocycles. The second-order valence-electron chi connectivity index (χ2n) is 5.30. The molecule has 0 spiro atoms. The van der Waals surface area contributed by atoms with Gasteiger partial charge in [0.05, 0.1) is 24.3 Å². The van der Waals surface area contributed by atoms with Gasteiger partial charge in [-0.2, -0.15) is 0 Å². The van der Waals surface area contributed by atoms with Crippen LogP contribution in [-0.2, 0) is 0 Å². The molecule has 0 radical (unpaired) electrons. The molecule has 1 unspecified atom stereocenters. The highest BCUT2D eigenvalue weighted by Crippen LogP contribution is 2.32. The molecule has 1 atom stereocenters. The molecule has 0 amide bonds. The lowest BCUT2D eigenvalue weighted by molar-refractivity contribution is 0.585. The van der Waals surface area contributed by atoms with Gasteiger partial charge in [-0.15, -0.1) is 11.3 Å². The summed E-state index contributed by atoms with van der Waals surface area (Å²) in [6, 6.07) is -0.0943. The minimum absolute atomic E-state index is 0.0653. The van der Waals surface area contributed by atoms with Crippen molar-refractivity contribution in [2.45, 2.75) is 13.0 Å². The zero-order valence-corrected chi connectivity index (χ0v) is 13.5. The Morgan fingerprint density at radius 2 is 2.22 bits per heavy atom. The van der Waals surface area contributed by atoms with Gasteiger partial charge in [0.1, 0.15) is 27.2 Å². The SMILES string of the molecule is CNc1ncnc2sc3c(=O)n(C4C=CC(C)=NC4)cnc3c12. The Hall–Kier alpha value is -2.61. The molecule has 0 saturated heterocycles. The summed E-state index contributed by atoms with van der Waals surface area (Å²) in [5, 5.41) is 3.83. The molecule has 0 bridgehead atoms. The molecule has 0 aromatic carbocycles. The number of aromatic nitrogens is 4. The number of nitrogens with zero attached hydrogens (tertiary/aromatic N) is 5. The zero-order chi connectivity index (χ0) is 16.0. The molecule has 0 fully saturated rings. The Labute approximate surface area is 135 Å². The molecule has 3 aromatic rings. The third kappa shape index (κ3) is 2.14. The summed E-state index contributed by atoms with van der Waals surface area (Å²) in [5.41, 5.74) is 1.55. The molecule has 116 valence electrons. The Morgan fingerprint density at radius 3 is 2.96 bits per heavy atom. The van der Waals surface area contributed by atoms with Crippen molar-refractivity contribution in [3.8, 4) is 0 Å². The van der Waals surface area contributed by atoms with E-state index in [-0.39, 0.29) is 11.6 Å². The molecule has 4 heterocycles. The summed E-state index contributed by atoms with van der Waals surface area (Å²) in [4.78, 5) is 31.0. The first-order valence-corrected chi connectivity index (χ1v) is 8.02. The van der Waals surface area contributed by atoms with Gasteiger partial charge in [-0.25, -0.2) is 15.0 Å². The molecule has 0 aliphatic carbocycles. The Kier molecular flexibility index (Phi) is 3.19. The number of rotatable bonds is 2. The third-order valence-corrected chi connectivity index (χ3v) is 4.96. The van der Waals surface area contributed by atoms with Crippen LogP contribution in [0.25, 0.3) is 20.4 Å². The number of allylic oxidation sites excluding steroid dienone is 1. The van der Waals surface area contributed by atoms with Gasteiger partial charge in [-0.1, -0.05) is 6.08 Å². The molecule has 7 nitrogen and oxygen atoms in total. The molecule has 23 heavy (non-hydrogen) atoms. The van der Waals surface area contributed by atoms with Gasteiger partial charge in [0, 0.05) is 12.8 Å². The molecule has 8 heteroatoms. The predicted molar refractivity (Wildman–Crippen MR) is 92.7 cm³/mol. The molecular weight excluding hydrogens is 312 g/mol. The number of fused-ring (bicyclic) bond motifs is 3. The topological polar surface area (TPSA) is 85.1 Å². The van der Waals surface area contributed by atoms with E-state index < -0.39 is 0 Å². The number of hydrogen-bond donors (Lipinski definition) is 1. The van der Waals surface area contributed by atoms with Gasteiger partial charge in [-0.05, 0) is 13.0 Å². The van der Waals surface area contributed by atoms with Crippen LogP contribution in [-0.4, -0.2) is 38.8 Å². The van der Waals surface area contributed by atoms with Gasteiger partial charge in [-0.3, -0.25) is 14.4 Å². The number of dihydropyridines is 1. The summed E-state index contributed by atoms with van der Waals surface area (Å²) in [6.45, 7) is 2.50. The summed E-state index contributed by atoms with van der Waals surface area (Å²) < 4.78 is 2.23. The van der Waals surface area contributed by atoms with Gasteiger partial charge in [0.15, 0.2) is 0 Å². The summed E-state index contributed by atoms with van der Waals surface area (Å²) in [6.07, 6.45) is 7.00. The highest BCUT2D eigenvalue weighted by Gasteiger charge is 2.19. The normalized spacial score (nSPS) is 17.7. The van der Waals surface area contributed by atoms with Crippen LogP contribution in [0.5, 0.6) is 0 Å². The fourth-order valence-electron chi connectivity index (χ4n) is 2.68. The Bertz CT molecular complexity index is 1030. The first-order chi connectivity index (χ1) is 11.2. The van der Waals surface area contributed by atoms with E-state index in [9.17, 15) is 4.79 Å². The van der Waals surface area contributed by atoms with Gasteiger partial charge in [0.2, 0.25) is 0 Å². The first kappa shape index (κ1) is 14.0. The van der Waals surface area contributed by atoms with Crippen molar-refractivity contribution >= 4 is 43.3 Å². The van der Waals surface area contributed by atoms with E-state index in [0.29, 0.717) is 22.6 Å². The number of aliphatic imine (C=N–C) groups is 1. The van der Waals surface area contributed by atoms with Crippen LogP contribution in [0, 0.1) is 0 Å². The monoisotopic (exact) mass is 326 g/mol. The van der Waals surface area contributed by atoms with E-state index in [1.165, 1.54) is 17.7 Å². The minimum Gasteiger partial charge on any atom is -0.372 e. The van der Waals surface area contributed by atoms with E-state index in [1.54, 1.807) is 17.9 Å². The number of nitrogens with one attached hydrogen (secondary N) is 1. The predicted octanol–water partition coefficient (Wildman–Crippen LogP) is 2.01. The van der Waals surface area contributed by atoms with Crippen LogP contribution in [0.2, 0.25) is 0 Å². The van der Waals surface area contributed by atoms with E-state index in [2.05, 4.69) is 25.3 Å². The lowest BCUT2D eigenvalue weighted by Crippen LogP contribution is -2.26. The molecule has 3 aromatic heterocycles. The lowest BCUT2D eigenvalue weighted by Gasteiger charge is -2.16. The van der Waals surface area contributed by atoms with Gasteiger partial charge >= 0.3 is 0 Å². The van der Waals surface area contributed by atoms with Crippen molar-refractivity contribution < 1.29 is 0 Å². The van der Waals surface area contributed by atoms with Crippen LogP contribution >= 0.6 is 11.3 Å². The van der Waals surface area contributed by atoms with Crippen molar-refractivity contribution in [2.75, 3.05) is 18.9 Å². The van der Waals surface area contributed by atoms with Gasteiger partial charge < -0.3 is 5.32 Å². The van der Waals surface area contributed by atoms with E-state index in [0.717, 1.165) is 15.9 Å². The van der Waals surface area contributed by atoms with Crippen LogP contribution in [0.4, 0.5) is 5.82 Å². The van der Waals surface area contributed by atoms with E-state index in [1.807, 2.05) is 19.1 Å². The largest absolute Gasteiger partial charge is 0.372 e. The maximum atomic E-state index is 12.9. The van der Waals surface area contributed by atoms with Crippen molar-refractivity contribution in [2.24, 2.45) is 4.99 Å². The van der Waals surface area contributed by atoms with Crippen molar-refractivity contribution in [3.05, 3.63) is 35.2 Å². The molecular formula is C15H14N6OS. The molecule has 1 N–H and O–H groups in total. The maximum Gasteiger partial charge on any atom is 0.272 e. The number of anilines is 1. The van der Waals surface area contributed by atoms with E-state index in [4.69, 9.17) is 0 Å². The van der Waals surface area contributed by atoms with Crippen LogP contribution < -0.4 is 10.9 Å². The smallest absolute Gasteiger partial charge is 0.272 e. The van der Waals surface area contributed by atoms with Crippen molar-refractivity contribution in [3.63, 3.8) is 0 Å². The average molecular weight is 326 g/mol. The molecule has 0 saturated carbocycles. The van der Waals surface area contributed by atoms with Crippen LogP contribution in [0.1, 0.15) is 13.0 Å². The van der Waals surface area contributed by atoms with Crippen molar-refractivity contribution in [1.82, 2.24) is 19.5 Å². The molecule has 1 aliphatic rings. The summed E-state index contributed by atoms with van der Waals surface area (Å²) >= 11 is 1.35. The first-order valence-electron chi connectivity index (χ1n) is 7.20. The Balaban J connectivity index is 1.94. The van der Waals surface area contributed by atoms with Gasteiger partial charge in [0.25, 0.3) is 5.56 Å². The standard InChI is InChI=1S/C15H14N6OS/c1-8-3-4-9(5-17-8)21-7-20-11-10-13(16-2)18-6-19-14(10)23-12(11)15(21)22/h3-4,6-7,9H,5H2,1-2H3,(H,16,18,19). The lowest BCUT2D eigenvalue weighted by atomic mass is 10.2. The zero-order valence-electron chi connectivity index (χ0n) is 12.6. The summed E-state index contributed by atoms with van der Waals surface area (Å²) in [7, 11) is 1.79. The third-order valence-electron chi connectivity index (χ3n) is 3.88. The number of thiophene rings is 1. The highest BCUT2D eigenvalue weighted by atomic mass is 32.1. The number of hydrogen-bond acceptors (Lipinski definition) is 7. The second kappa shape index (κ2) is 5.24. The quantitative estimate of drug-likeness (QED) is 0.778. The van der Waals surface area contributed by atoms with Crippen molar-refractivity contribution in [1.29, 1.82) is 0 Å². The highest BCUT2D eigenvalue weighted by molar-refractivity contribution is 7.25. The maximum absolute atomic E-state index is 12.9. The minimum atomic E-state index is -0.0943. The van der Waals surface area contributed by atoms with Crippen LogP contribution in [0.15, 0.2) is 34.6 Å². The van der Waals surface area contributed by atoms with Crippen LogP contribution in [0.3, 0.4) is 0 Å². The summed E-state index contributed by atoms with van der Waals surface area (Å²) in [5.74, 6) is 0.684. The Morgan fingerprint density at radius 1 is 1.35 bits per heavy atom. The molecule has 4 rings (SSSR count). The fraction of sp³-hybridized carbons (Fsp3) is 0.267. The fourth-order valence-corrected chi connectivity index (χ4v) is 3.72.